The zero-order valence-electron chi connectivity index (χ0n) is 8.67. The molecule has 78 valence electrons. The van der Waals surface area contributed by atoms with Gasteiger partial charge in [-0.1, -0.05) is 47.0 Å². The smallest absolute Gasteiger partial charge is 0.0693 e. The summed E-state index contributed by atoms with van der Waals surface area (Å²) in [4.78, 5) is 0. The molecule has 0 N–H and O–H groups in total. The lowest BCUT2D eigenvalue weighted by Crippen LogP contribution is -2.17. The quantitative estimate of drug-likeness (QED) is 0.789. The van der Waals surface area contributed by atoms with Gasteiger partial charge in [-0.3, -0.25) is 0 Å². The van der Waals surface area contributed by atoms with Crippen molar-refractivity contribution in [2.45, 2.75) is 32.1 Å². The van der Waals surface area contributed by atoms with Gasteiger partial charge in [0.1, 0.15) is 0 Å². The van der Waals surface area contributed by atoms with Gasteiger partial charge in [-0.25, -0.2) is 0 Å². The van der Waals surface area contributed by atoms with E-state index in [0.29, 0.717) is 0 Å². The molecule has 1 aromatic carbocycles. The molecule has 0 bridgehead atoms. The Balaban J connectivity index is 2.21. The molecule has 0 atom stereocenters. The summed E-state index contributed by atoms with van der Waals surface area (Å²) in [6, 6.07) is 10.8. The molecule has 0 amide bonds. The summed E-state index contributed by atoms with van der Waals surface area (Å²) in [5.74, 6) is 0. The molecule has 1 aromatic rings. The Morgan fingerprint density at radius 3 is 2.53 bits per heavy atom. The molecular formula is C13H14BrN. The molecule has 0 heterocycles. The van der Waals surface area contributed by atoms with Gasteiger partial charge in [0, 0.05) is 4.47 Å². The predicted molar refractivity (Wildman–Crippen MR) is 64.4 cm³/mol. The van der Waals surface area contributed by atoms with Gasteiger partial charge in [-0.05, 0) is 30.9 Å². The van der Waals surface area contributed by atoms with Crippen LogP contribution in [0.15, 0.2) is 28.7 Å². The van der Waals surface area contributed by atoms with E-state index in [1.807, 2.05) is 12.1 Å². The van der Waals surface area contributed by atoms with Gasteiger partial charge in [0.15, 0.2) is 0 Å². The topological polar surface area (TPSA) is 23.8 Å². The monoisotopic (exact) mass is 263 g/mol. The van der Waals surface area contributed by atoms with Gasteiger partial charge in [0.2, 0.25) is 0 Å². The minimum absolute atomic E-state index is 0.0934. The molecule has 1 fully saturated rings. The number of nitrogens with zero attached hydrogens (tertiary/aromatic N) is 1. The number of hydrogen-bond donors (Lipinski definition) is 0. The summed E-state index contributed by atoms with van der Waals surface area (Å²) in [5.41, 5.74) is 1.17. The first-order valence-corrected chi connectivity index (χ1v) is 6.20. The van der Waals surface area contributed by atoms with Crippen LogP contribution in [0.4, 0.5) is 0 Å². The van der Waals surface area contributed by atoms with Crippen molar-refractivity contribution in [2.75, 3.05) is 0 Å². The maximum atomic E-state index is 9.30. The summed E-state index contributed by atoms with van der Waals surface area (Å²) >= 11 is 3.55. The standard InChI is InChI=1S/C13H14BrN/c14-12-6-2-1-5-11(12)9-13(10-15)7-3-4-8-13/h1-2,5-6H,3-4,7-9H2. The molecular weight excluding hydrogens is 250 g/mol. The largest absolute Gasteiger partial charge is 0.198 e. The lowest BCUT2D eigenvalue weighted by molar-refractivity contribution is 0.407. The van der Waals surface area contributed by atoms with Crippen molar-refractivity contribution in [3.05, 3.63) is 34.3 Å². The van der Waals surface area contributed by atoms with Gasteiger partial charge >= 0.3 is 0 Å². The van der Waals surface area contributed by atoms with Crippen LogP contribution in [0.3, 0.4) is 0 Å². The van der Waals surface area contributed by atoms with Crippen molar-refractivity contribution >= 4 is 15.9 Å². The zero-order chi connectivity index (χ0) is 10.7. The first-order chi connectivity index (χ1) is 7.26. The molecule has 2 heteroatoms. The zero-order valence-corrected chi connectivity index (χ0v) is 10.3. The molecule has 15 heavy (non-hydrogen) atoms. The Kier molecular flexibility index (Phi) is 3.11. The molecule has 0 saturated heterocycles. The molecule has 1 saturated carbocycles. The molecule has 1 aliphatic rings. The average Bonchev–Trinajstić information content (AvgIpc) is 2.71. The van der Waals surface area contributed by atoms with Crippen molar-refractivity contribution < 1.29 is 0 Å². The normalized spacial score (nSPS) is 18.7. The Morgan fingerprint density at radius 2 is 1.93 bits per heavy atom. The third-order valence-electron chi connectivity index (χ3n) is 3.28. The summed E-state index contributed by atoms with van der Waals surface area (Å²) in [6.45, 7) is 0. The Morgan fingerprint density at radius 1 is 1.27 bits per heavy atom. The fourth-order valence-electron chi connectivity index (χ4n) is 2.39. The van der Waals surface area contributed by atoms with Crippen molar-refractivity contribution in [3.8, 4) is 6.07 Å². The molecule has 0 spiro atoms. The van der Waals surface area contributed by atoms with Crippen LogP contribution < -0.4 is 0 Å². The van der Waals surface area contributed by atoms with Crippen LogP contribution in [-0.2, 0) is 6.42 Å². The third kappa shape index (κ3) is 2.23. The van der Waals surface area contributed by atoms with Gasteiger partial charge in [-0.15, -0.1) is 0 Å². The van der Waals surface area contributed by atoms with Crippen molar-refractivity contribution in [3.63, 3.8) is 0 Å². The molecule has 0 aliphatic heterocycles. The fourth-order valence-corrected chi connectivity index (χ4v) is 2.81. The summed E-state index contributed by atoms with van der Waals surface area (Å²) in [6.07, 6.45) is 5.43. The van der Waals surface area contributed by atoms with Crippen molar-refractivity contribution in [2.24, 2.45) is 5.41 Å². The number of rotatable bonds is 2. The Labute approximate surface area is 99.2 Å². The van der Waals surface area contributed by atoms with Crippen molar-refractivity contribution in [1.82, 2.24) is 0 Å². The predicted octanol–water partition coefficient (Wildman–Crippen LogP) is 4.08. The minimum Gasteiger partial charge on any atom is -0.198 e. The summed E-state index contributed by atoms with van der Waals surface area (Å²) < 4.78 is 1.13. The highest BCUT2D eigenvalue weighted by atomic mass is 79.9. The van der Waals surface area contributed by atoms with Gasteiger partial charge in [0.05, 0.1) is 11.5 Å². The molecule has 1 nitrogen and oxygen atoms in total. The lowest BCUT2D eigenvalue weighted by Gasteiger charge is -2.20. The van der Waals surface area contributed by atoms with Gasteiger partial charge in [-0.2, -0.15) is 5.26 Å². The van der Waals surface area contributed by atoms with E-state index < -0.39 is 0 Å². The molecule has 2 rings (SSSR count). The van der Waals surface area contributed by atoms with Crippen LogP contribution in [0.25, 0.3) is 0 Å². The summed E-state index contributed by atoms with van der Waals surface area (Å²) in [5, 5.41) is 9.30. The van der Waals surface area contributed by atoms with E-state index in [1.165, 1.54) is 18.4 Å². The SMILES string of the molecule is N#CC1(Cc2ccccc2Br)CCCC1. The second-order valence-corrected chi connectivity index (χ2v) is 5.22. The first kappa shape index (κ1) is 10.7. The van der Waals surface area contributed by atoms with E-state index in [1.54, 1.807) is 0 Å². The highest BCUT2D eigenvalue weighted by Gasteiger charge is 2.34. The van der Waals surface area contributed by atoms with Crippen LogP contribution >= 0.6 is 15.9 Å². The molecule has 0 unspecified atom stereocenters. The number of hydrogen-bond acceptors (Lipinski definition) is 1. The summed E-state index contributed by atoms with van der Waals surface area (Å²) in [7, 11) is 0. The Hall–Kier alpha value is -0.810. The molecule has 0 radical (unpaired) electrons. The number of nitriles is 1. The van der Waals surface area contributed by atoms with E-state index in [-0.39, 0.29) is 5.41 Å². The molecule has 1 aliphatic carbocycles. The highest BCUT2D eigenvalue weighted by Crippen LogP contribution is 2.41. The maximum absolute atomic E-state index is 9.30. The maximum Gasteiger partial charge on any atom is 0.0693 e. The van der Waals surface area contributed by atoms with Crippen LogP contribution in [0, 0.1) is 16.7 Å². The molecule has 0 aromatic heterocycles. The Bertz CT molecular complexity index is 386. The van der Waals surface area contributed by atoms with Gasteiger partial charge in [0.25, 0.3) is 0 Å². The van der Waals surface area contributed by atoms with Crippen LogP contribution in [0.1, 0.15) is 31.2 Å². The van der Waals surface area contributed by atoms with Crippen LogP contribution in [0.5, 0.6) is 0 Å². The van der Waals surface area contributed by atoms with Gasteiger partial charge < -0.3 is 0 Å². The fraction of sp³-hybridized carbons (Fsp3) is 0.462. The number of halogens is 1. The minimum atomic E-state index is -0.0934. The third-order valence-corrected chi connectivity index (χ3v) is 4.06. The van der Waals surface area contributed by atoms with Crippen LogP contribution in [-0.4, -0.2) is 0 Å². The van der Waals surface area contributed by atoms with E-state index in [0.717, 1.165) is 23.7 Å². The van der Waals surface area contributed by atoms with E-state index in [9.17, 15) is 5.26 Å². The second kappa shape index (κ2) is 4.37. The van der Waals surface area contributed by atoms with Crippen molar-refractivity contribution in [1.29, 1.82) is 5.26 Å². The van der Waals surface area contributed by atoms with Crippen LogP contribution in [0.2, 0.25) is 0 Å². The highest BCUT2D eigenvalue weighted by molar-refractivity contribution is 9.10. The van der Waals surface area contributed by atoms with E-state index >= 15 is 0 Å². The lowest BCUT2D eigenvalue weighted by atomic mass is 9.81. The second-order valence-electron chi connectivity index (χ2n) is 4.37. The average molecular weight is 264 g/mol. The number of benzene rings is 1. The van der Waals surface area contributed by atoms with E-state index in [4.69, 9.17) is 0 Å². The van der Waals surface area contributed by atoms with E-state index in [2.05, 4.69) is 34.1 Å². The first-order valence-electron chi connectivity index (χ1n) is 5.40.